The Hall–Kier alpha value is -4.39. The zero-order valence-electron chi connectivity index (χ0n) is 21.4. The van der Waals surface area contributed by atoms with Gasteiger partial charge in [0.25, 0.3) is 11.8 Å². The first-order chi connectivity index (χ1) is 18.6. The second kappa shape index (κ2) is 11.6. The molecule has 3 aromatic rings. The van der Waals surface area contributed by atoms with Crippen LogP contribution in [0.2, 0.25) is 0 Å². The molecule has 1 aliphatic rings. The number of nitrogens with one attached hydrogen (secondary N) is 2. The number of nitrogens with zero attached hydrogens (tertiary/aromatic N) is 3. The molecule has 39 heavy (non-hydrogen) atoms. The van der Waals surface area contributed by atoms with E-state index in [4.69, 9.17) is 14.2 Å². The summed E-state index contributed by atoms with van der Waals surface area (Å²) >= 11 is 0. The number of carbonyl (C=O) groups is 2. The number of benzene rings is 2. The second-order valence-electron chi connectivity index (χ2n) is 8.61. The number of methoxy groups -OCH3 is 2. The first kappa shape index (κ1) is 27.6. The van der Waals surface area contributed by atoms with E-state index < -0.39 is 17.6 Å². The van der Waals surface area contributed by atoms with Crippen molar-refractivity contribution in [3.05, 3.63) is 64.8 Å². The summed E-state index contributed by atoms with van der Waals surface area (Å²) in [7, 11) is 4.54. The molecule has 0 fully saturated rings. The largest absolute Gasteiger partial charge is 0.495 e. The quantitative estimate of drug-likeness (QED) is 0.361. The summed E-state index contributed by atoms with van der Waals surface area (Å²) in [5.41, 5.74) is 0.223. The molecule has 2 aromatic carbocycles. The molecule has 0 aliphatic carbocycles. The van der Waals surface area contributed by atoms with Crippen molar-refractivity contribution in [2.45, 2.75) is 19.1 Å². The molecule has 1 aromatic heterocycles. The Morgan fingerprint density at radius 3 is 2.67 bits per heavy atom. The number of rotatable bonds is 10. The molecule has 0 saturated heterocycles. The van der Waals surface area contributed by atoms with Crippen molar-refractivity contribution in [3.63, 3.8) is 0 Å². The summed E-state index contributed by atoms with van der Waals surface area (Å²) < 4.78 is 57.2. The van der Waals surface area contributed by atoms with Crippen LogP contribution in [0, 0.1) is 0 Å². The lowest BCUT2D eigenvalue weighted by atomic mass is 10.1. The second-order valence-corrected chi connectivity index (χ2v) is 8.61. The summed E-state index contributed by atoms with van der Waals surface area (Å²) in [5.74, 6) is -1.50. The monoisotopic (exact) mass is 545 g/mol. The molecule has 4 rings (SSSR count). The van der Waals surface area contributed by atoms with E-state index >= 15 is 0 Å². The maximum absolute atomic E-state index is 13.8. The van der Waals surface area contributed by atoms with Gasteiger partial charge in [0.2, 0.25) is 11.8 Å². The molecule has 2 N–H and O–H groups in total. The van der Waals surface area contributed by atoms with Gasteiger partial charge in [-0.2, -0.15) is 18.2 Å². The minimum atomic E-state index is -4.82. The normalized spacial score (nSPS) is 12.8. The molecule has 0 radical (unpaired) electrons. The molecule has 0 atom stereocenters. The van der Waals surface area contributed by atoms with Gasteiger partial charge in [0.05, 0.1) is 18.4 Å². The van der Waals surface area contributed by atoms with Crippen LogP contribution in [0.25, 0.3) is 0 Å². The minimum absolute atomic E-state index is 0.0459. The van der Waals surface area contributed by atoms with Gasteiger partial charge in [-0.05, 0) is 36.2 Å². The van der Waals surface area contributed by atoms with Crippen LogP contribution in [0.5, 0.6) is 17.4 Å². The van der Waals surface area contributed by atoms with E-state index in [0.717, 1.165) is 0 Å². The average molecular weight is 546 g/mol. The summed E-state index contributed by atoms with van der Waals surface area (Å²) in [5, 5.41) is 5.56. The molecule has 2 amide bonds. The number of aromatic nitrogens is 2. The fourth-order valence-electron chi connectivity index (χ4n) is 3.93. The number of amides is 2. The highest BCUT2D eigenvalue weighted by Gasteiger charge is 2.37. The van der Waals surface area contributed by atoms with Gasteiger partial charge in [0.15, 0.2) is 0 Å². The fraction of sp³-hybridized carbons (Fsp3) is 0.308. The molecule has 10 nitrogen and oxygen atoms in total. The third-order valence-corrected chi connectivity index (χ3v) is 5.87. The molecule has 0 unspecified atom stereocenters. The van der Waals surface area contributed by atoms with Crippen LogP contribution in [-0.4, -0.2) is 61.1 Å². The van der Waals surface area contributed by atoms with E-state index in [1.165, 1.54) is 36.3 Å². The Morgan fingerprint density at radius 2 is 1.95 bits per heavy atom. The van der Waals surface area contributed by atoms with Crippen LogP contribution in [0.3, 0.4) is 0 Å². The van der Waals surface area contributed by atoms with E-state index in [0.29, 0.717) is 49.1 Å². The van der Waals surface area contributed by atoms with Crippen molar-refractivity contribution in [3.8, 4) is 17.4 Å². The number of anilines is 2. The van der Waals surface area contributed by atoms with E-state index in [-0.39, 0.29) is 34.8 Å². The standard InChI is InChI=1S/C26H26F3N5O5/c1-34-14-16-6-4-7-19(21(16)24(34)36)39-23-17(26(27,28)29)13-31-25(33-23)32-18-9-8-15(12-20(18)38-3)22(35)30-10-5-11-37-2/h4,6-9,12-13H,5,10-11,14H2,1-3H3,(H,30,35)(H,31,32,33). The van der Waals surface area contributed by atoms with Gasteiger partial charge >= 0.3 is 6.18 Å². The predicted molar refractivity (Wildman–Crippen MR) is 134 cm³/mol. The van der Waals surface area contributed by atoms with Crippen molar-refractivity contribution in [2.75, 3.05) is 39.7 Å². The lowest BCUT2D eigenvalue weighted by Gasteiger charge is -2.16. The topological polar surface area (TPSA) is 115 Å². The van der Waals surface area contributed by atoms with E-state index in [9.17, 15) is 22.8 Å². The van der Waals surface area contributed by atoms with Crippen LogP contribution in [0.1, 0.15) is 38.3 Å². The zero-order chi connectivity index (χ0) is 28.2. The van der Waals surface area contributed by atoms with Crippen LogP contribution in [0.4, 0.5) is 24.8 Å². The van der Waals surface area contributed by atoms with Crippen molar-refractivity contribution < 1.29 is 37.0 Å². The summed E-state index contributed by atoms with van der Waals surface area (Å²) in [6, 6.07) is 9.22. The van der Waals surface area contributed by atoms with Crippen molar-refractivity contribution in [1.29, 1.82) is 0 Å². The first-order valence-corrected chi connectivity index (χ1v) is 11.8. The highest BCUT2D eigenvalue weighted by Crippen LogP contribution is 2.40. The highest BCUT2D eigenvalue weighted by atomic mass is 19.4. The number of hydrogen-bond donors (Lipinski definition) is 2. The van der Waals surface area contributed by atoms with Gasteiger partial charge in [0, 0.05) is 45.6 Å². The molecule has 0 saturated carbocycles. The summed E-state index contributed by atoms with van der Waals surface area (Å²) in [6.45, 7) is 1.24. The molecular formula is C26H26F3N5O5. The van der Waals surface area contributed by atoms with Crippen molar-refractivity contribution in [1.82, 2.24) is 20.2 Å². The van der Waals surface area contributed by atoms with Crippen LogP contribution >= 0.6 is 0 Å². The Bertz CT molecular complexity index is 1380. The zero-order valence-corrected chi connectivity index (χ0v) is 21.4. The lowest BCUT2D eigenvalue weighted by molar-refractivity contribution is -0.139. The molecular weight excluding hydrogens is 519 g/mol. The maximum atomic E-state index is 13.8. The van der Waals surface area contributed by atoms with Gasteiger partial charge in [0.1, 0.15) is 17.1 Å². The Kier molecular flexibility index (Phi) is 8.19. The van der Waals surface area contributed by atoms with Gasteiger partial charge in [-0.1, -0.05) is 12.1 Å². The third-order valence-electron chi connectivity index (χ3n) is 5.87. The summed E-state index contributed by atoms with van der Waals surface area (Å²) in [6.07, 6.45) is -3.58. The maximum Gasteiger partial charge on any atom is 0.423 e. The average Bonchev–Trinajstić information content (AvgIpc) is 3.20. The molecule has 0 bridgehead atoms. The van der Waals surface area contributed by atoms with E-state index in [1.807, 2.05) is 0 Å². The van der Waals surface area contributed by atoms with Crippen LogP contribution < -0.4 is 20.1 Å². The number of alkyl halides is 3. The molecule has 2 heterocycles. The molecule has 13 heteroatoms. The number of halogens is 3. The van der Waals surface area contributed by atoms with Crippen molar-refractivity contribution >= 4 is 23.5 Å². The van der Waals surface area contributed by atoms with Crippen LogP contribution in [0.15, 0.2) is 42.6 Å². The lowest BCUT2D eigenvalue weighted by Crippen LogP contribution is -2.25. The van der Waals surface area contributed by atoms with Gasteiger partial charge < -0.3 is 29.7 Å². The Labute approximate surface area is 222 Å². The predicted octanol–water partition coefficient (Wildman–Crippen LogP) is 4.39. The molecule has 1 aliphatic heterocycles. The van der Waals surface area contributed by atoms with Gasteiger partial charge in [-0.25, -0.2) is 4.98 Å². The number of hydrogen-bond acceptors (Lipinski definition) is 8. The number of fused-ring (bicyclic) bond motifs is 1. The first-order valence-electron chi connectivity index (χ1n) is 11.8. The fourth-order valence-corrected chi connectivity index (χ4v) is 3.93. The highest BCUT2D eigenvalue weighted by molar-refractivity contribution is 6.01. The molecule has 206 valence electrons. The van der Waals surface area contributed by atoms with Gasteiger partial charge in [-0.15, -0.1) is 0 Å². The third kappa shape index (κ3) is 6.20. The smallest absolute Gasteiger partial charge is 0.423 e. The Morgan fingerprint density at radius 1 is 1.15 bits per heavy atom. The minimum Gasteiger partial charge on any atom is -0.495 e. The Balaban J connectivity index is 1.61. The number of carbonyl (C=O) groups excluding carboxylic acids is 2. The van der Waals surface area contributed by atoms with E-state index in [2.05, 4.69) is 20.6 Å². The van der Waals surface area contributed by atoms with E-state index in [1.54, 1.807) is 26.3 Å². The van der Waals surface area contributed by atoms with Crippen LogP contribution in [-0.2, 0) is 17.5 Å². The van der Waals surface area contributed by atoms with Gasteiger partial charge in [-0.3, -0.25) is 9.59 Å². The SMILES string of the molecule is COCCCNC(=O)c1ccc(Nc2ncc(C(F)(F)F)c(Oc3cccc4c3C(=O)N(C)C4)n2)c(OC)c1. The molecule has 0 spiro atoms. The number of ether oxygens (including phenoxy) is 3. The van der Waals surface area contributed by atoms with Crippen molar-refractivity contribution in [2.24, 2.45) is 0 Å². The summed E-state index contributed by atoms with van der Waals surface area (Å²) in [4.78, 5) is 34.2.